The molecule has 0 aliphatic carbocycles. The summed E-state index contributed by atoms with van der Waals surface area (Å²) in [5.74, 6) is 0.452. The Morgan fingerprint density at radius 3 is 2.71 bits per heavy atom. The number of hydrogen-bond donors (Lipinski definition) is 1. The molecule has 1 atom stereocenters. The molecule has 2 rings (SSSR count). The third-order valence-electron chi connectivity index (χ3n) is 3.09. The maximum Gasteiger partial charge on any atom is 0.305 e. The Kier molecular flexibility index (Phi) is 4.19. The highest BCUT2D eigenvalue weighted by molar-refractivity contribution is 7.12. The highest BCUT2D eigenvalue weighted by Gasteiger charge is 2.17. The summed E-state index contributed by atoms with van der Waals surface area (Å²) in [6.07, 6.45) is 0. The number of anilines is 1. The Hall–Kier alpha value is -2.46. The topological polar surface area (TPSA) is 91.9 Å². The number of nitro groups is 1. The van der Waals surface area contributed by atoms with Gasteiger partial charge in [-0.15, -0.1) is 11.3 Å². The Bertz CT molecular complexity index is 733. The lowest BCUT2D eigenvalue weighted by Gasteiger charge is -2.14. The van der Waals surface area contributed by atoms with Gasteiger partial charge in [0.15, 0.2) is 0 Å². The molecule has 2 heterocycles. The SMILES string of the molecule is Cc1cc(C(C)Nc2ccc([N+](=O)[O-])c(C#N)n2)c(C)s1. The van der Waals surface area contributed by atoms with Crippen molar-refractivity contribution < 1.29 is 4.92 Å². The predicted molar refractivity (Wildman–Crippen MR) is 81.4 cm³/mol. The van der Waals surface area contributed by atoms with Crippen LogP contribution in [-0.4, -0.2) is 9.91 Å². The average molecular weight is 302 g/mol. The lowest BCUT2D eigenvalue weighted by Crippen LogP contribution is -2.09. The molecule has 108 valence electrons. The Labute approximate surface area is 126 Å². The molecule has 21 heavy (non-hydrogen) atoms. The molecule has 6 nitrogen and oxygen atoms in total. The van der Waals surface area contributed by atoms with E-state index in [1.807, 2.05) is 13.8 Å². The molecule has 0 radical (unpaired) electrons. The molecule has 0 aromatic carbocycles. The van der Waals surface area contributed by atoms with Crippen LogP contribution in [0, 0.1) is 35.3 Å². The molecule has 0 bridgehead atoms. The van der Waals surface area contributed by atoms with Gasteiger partial charge < -0.3 is 5.32 Å². The molecule has 1 unspecified atom stereocenters. The van der Waals surface area contributed by atoms with Gasteiger partial charge in [0, 0.05) is 15.8 Å². The standard InChI is InChI=1S/C14H14N4O2S/c1-8-6-11(10(3)21-8)9(2)16-14-5-4-13(18(19)20)12(7-15)17-14/h4-6,9H,1-3H3,(H,16,17). The van der Waals surface area contributed by atoms with Gasteiger partial charge in [-0.05, 0) is 38.5 Å². The predicted octanol–water partition coefficient (Wildman–Crippen LogP) is 3.71. The number of nitrogens with one attached hydrogen (secondary N) is 1. The number of aryl methyl sites for hydroxylation is 2. The number of hydrogen-bond acceptors (Lipinski definition) is 6. The van der Waals surface area contributed by atoms with E-state index in [2.05, 4.69) is 23.3 Å². The van der Waals surface area contributed by atoms with Crippen LogP contribution in [-0.2, 0) is 0 Å². The molecular weight excluding hydrogens is 288 g/mol. The Morgan fingerprint density at radius 2 is 2.19 bits per heavy atom. The van der Waals surface area contributed by atoms with Gasteiger partial charge in [0.2, 0.25) is 5.69 Å². The first-order valence-electron chi connectivity index (χ1n) is 6.31. The zero-order valence-electron chi connectivity index (χ0n) is 11.9. The van der Waals surface area contributed by atoms with Crippen LogP contribution >= 0.6 is 11.3 Å². The molecule has 0 aliphatic rings. The van der Waals surface area contributed by atoms with Crippen LogP contribution in [0.2, 0.25) is 0 Å². The number of aromatic nitrogens is 1. The fraction of sp³-hybridized carbons (Fsp3) is 0.286. The highest BCUT2D eigenvalue weighted by atomic mass is 32.1. The average Bonchev–Trinajstić information content (AvgIpc) is 2.77. The van der Waals surface area contributed by atoms with E-state index < -0.39 is 4.92 Å². The molecule has 0 saturated heterocycles. The van der Waals surface area contributed by atoms with Crippen molar-refractivity contribution in [3.05, 3.63) is 49.3 Å². The molecule has 0 saturated carbocycles. The van der Waals surface area contributed by atoms with Crippen molar-refractivity contribution in [3.8, 4) is 6.07 Å². The van der Waals surface area contributed by atoms with Crippen molar-refractivity contribution >= 4 is 22.8 Å². The van der Waals surface area contributed by atoms with Crippen molar-refractivity contribution in [2.45, 2.75) is 26.8 Å². The summed E-state index contributed by atoms with van der Waals surface area (Å²) in [4.78, 5) is 16.6. The second-order valence-corrected chi connectivity index (χ2v) is 6.13. The van der Waals surface area contributed by atoms with Gasteiger partial charge in [0.05, 0.1) is 11.0 Å². The van der Waals surface area contributed by atoms with Crippen molar-refractivity contribution in [3.63, 3.8) is 0 Å². The van der Waals surface area contributed by atoms with Crippen molar-refractivity contribution in [2.75, 3.05) is 5.32 Å². The third kappa shape index (κ3) is 3.17. The van der Waals surface area contributed by atoms with E-state index in [1.165, 1.54) is 21.9 Å². The lowest BCUT2D eigenvalue weighted by molar-refractivity contribution is -0.385. The summed E-state index contributed by atoms with van der Waals surface area (Å²) < 4.78 is 0. The van der Waals surface area contributed by atoms with Crippen LogP contribution < -0.4 is 5.32 Å². The molecule has 7 heteroatoms. The molecular formula is C14H14N4O2S. The van der Waals surface area contributed by atoms with E-state index in [4.69, 9.17) is 5.26 Å². The molecule has 2 aromatic heterocycles. The maximum absolute atomic E-state index is 10.8. The first-order valence-corrected chi connectivity index (χ1v) is 7.13. The Morgan fingerprint density at radius 1 is 1.48 bits per heavy atom. The van der Waals surface area contributed by atoms with Crippen LogP contribution in [0.25, 0.3) is 0 Å². The van der Waals surface area contributed by atoms with Crippen LogP contribution in [0.1, 0.15) is 34.0 Å². The molecule has 0 amide bonds. The third-order valence-corrected chi connectivity index (χ3v) is 4.07. The first-order chi connectivity index (χ1) is 9.92. The summed E-state index contributed by atoms with van der Waals surface area (Å²) in [5.41, 5.74) is 0.699. The lowest BCUT2D eigenvalue weighted by atomic mass is 10.1. The van der Waals surface area contributed by atoms with Crippen LogP contribution in [0.15, 0.2) is 18.2 Å². The number of pyridine rings is 1. The van der Waals surface area contributed by atoms with E-state index in [0.717, 1.165) is 5.56 Å². The van der Waals surface area contributed by atoms with Gasteiger partial charge >= 0.3 is 5.69 Å². The minimum Gasteiger partial charge on any atom is -0.363 e. The summed E-state index contributed by atoms with van der Waals surface area (Å²) in [6.45, 7) is 6.09. The number of nitrogens with zero attached hydrogens (tertiary/aromatic N) is 3. The molecule has 0 fully saturated rings. The summed E-state index contributed by atoms with van der Waals surface area (Å²) >= 11 is 1.72. The molecule has 1 N–H and O–H groups in total. The summed E-state index contributed by atoms with van der Waals surface area (Å²) in [7, 11) is 0. The smallest absolute Gasteiger partial charge is 0.305 e. The molecule has 0 spiro atoms. The second kappa shape index (κ2) is 5.89. The monoisotopic (exact) mass is 302 g/mol. The minimum absolute atomic E-state index is 0.00967. The van der Waals surface area contributed by atoms with E-state index in [0.29, 0.717) is 5.82 Å². The quantitative estimate of drug-likeness (QED) is 0.686. The first kappa shape index (κ1) is 14.9. The minimum atomic E-state index is -0.606. The van der Waals surface area contributed by atoms with E-state index in [1.54, 1.807) is 17.4 Å². The van der Waals surface area contributed by atoms with Gasteiger partial charge in [0.1, 0.15) is 11.9 Å². The molecule has 2 aromatic rings. The highest BCUT2D eigenvalue weighted by Crippen LogP contribution is 2.28. The van der Waals surface area contributed by atoms with Gasteiger partial charge in [0.25, 0.3) is 0 Å². The fourth-order valence-electron chi connectivity index (χ4n) is 2.14. The summed E-state index contributed by atoms with van der Waals surface area (Å²) in [5, 5.41) is 22.9. The van der Waals surface area contributed by atoms with Gasteiger partial charge in [-0.2, -0.15) is 5.26 Å². The maximum atomic E-state index is 10.8. The van der Waals surface area contributed by atoms with E-state index >= 15 is 0 Å². The van der Waals surface area contributed by atoms with Crippen molar-refractivity contribution in [2.24, 2.45) is 0 Å². The van der Waals surface area contributed by atoms with Crippen LogP contribution in [0.4, 0.5) is 11.5 Å². The normalized spacial score (nSPS) is 11.7. The van der Waals surface area contributed by atoms with Gasteiger partial charge in [-0.25, -0.2) is 4.98 Å². The zero-order valence-corrected chi connectivity index (χ0v) is 12.7. The summed E-state index contributed by atoms with van der Waals surface area (Å²) in [6, 6.07) is 6.69. The zero-order chi connectivity index (χ0) is 15.6. The second-order valence-electron chi connectivity index (χ2n) is 4.67. The van der Waals surface area contributed by atoms with Crippen molar-refractivity contribution in [1.29, 1.82) is 5.26 Å². The van der Waals surface area contributed by atoms with E-state index in [9.17, 15) is 10.1 Å². The van der Waals surface area contributed by atoms with Crippen LogP contribution in [0.5, 0.6) is 0 Å². The van der Waals surface area contributed by atoms with E-state index in [-0.39, 0.29) is 17.4 Å². The molecule has 0 aliphatic heterocycles. The van der Waals surface area contributed by atoms with Gasteiger partial charge in [-0.1, -0.05) is 0 Å². The number of nitriles is 1. The fourth-order valence-corrected chi connectivity index (χ4v) is 3.16. The largest absolute Gasteiger partial charge is 0.363 e. The van der Waals surface area contributed by atoms with Crippen LogP contribution in [0.3, 0.4) is 0 Å². The van der Waals surface area contributed by atoms with Gasteiger partial charge in [-0.3, -0.25) is 10.1 Å². The number of rotatable bonds is 4. The number of thiophene rings is 1. The van der Waals surface area contributed by atoms with Crippen molar-refractivity contribution in [1.82, 2.24) is 4.98 Å². The Balaban J connectivity index is 2.26.